The van der Waals surface area contributed by atoms with Gasteiger partial charge >= 0.3 is 37.7 Å². The minimum absolute atomic E-state index is 0. The zero-order chi connectivity index (χ0) is 15.6. The average Bonchev–Trinajstić information content (AvgIpc) is 2.24. The molecule has 0 amide bonds. The van der Waals surface area contributed by atoms with Crippen LogP contribution in [0.3, 0.4) is 0 Å². The van der Waals surface area contributed by atoms with E-state index in [1.165, 1.54) is 22.3 Å². The van der Waals surface area contributed by atoms with E-state index in [4.69, 9.17) is 0 Å². The molecule has 0 saturated carbocycles. The zero-order valence-corrected chi connectivity index (χ0v) is 16.7. The van der Waals surface area contributed by atoms with Crippen LogP contribution in [-0.4, -0.2) is 0 Å². The van der Waals surface area contributed by atoms with Crippen molar-refractivity contribution in [2.45, 2.75) is 68.2 Å². The van der Waals surface area contributed by atoms with Crippen molar-refractivity contribution in [2.24, 2.45) is 10.8 Å². The Morgan fingerprint density at radius 1 is 0.864 bits per heavy atom. The van der Waals surface area contributed by atoms with Gasteiger partial charge in [-0.1, -0.05) is 48.0 Å². The number of hydrogen-bond acceptors (Lipinski definition) is 0. The quantitative estimate of drug-likeness (QED) is 0.512. The van der Waals surface area contributed by atoms with Crippen molar-refractivity contribution in [1.29, 1.82) is 0 Å². The standard InChI is InChI=1S/C20H32.2Li/c1-15(13-19(3,4)5)17-10-9-11-18(12-17)16(2)14-20(6,7)8;;/h9-12H,13-14H2,1-8H3;;/q-2;2*+1/b17-15+,18-16+;;. The molecular weight excluding hydrogens is 254 g/mol. The van der Waals surface area contributed by atoms with Crippen LogP contribution in [0.15, 0.2) is 34.4 Å². The Balaban J connectivity index is 0. The Labute approximate surface area is 163 Å². The molecule has 0 radical (unpaired) electrons. The molecule has 0 saturated heterocycles. The van der Waals surface area contributed by atoms with Crippen molar-refractivity contribution < 1.29 is 37.7 Å². The van der Waals surface area contributed by atoms with E-state index < -0.39 is 0 Å². The van der Waals surface area contributed by atoms with E-state index in [9.17, 15) is 0 Å². The third-order valence-corrected chi connectivity index (χ3v) is 3.44. The van der Waals surface area contributed by atoms with Gasteiger partial charge in [0.05, 0.1) is 0 Å². The summed E-state index contributed by atoms with van der Waals surface area (Å²) in [6.45, 7) is 18.4. The van der Waals surface area contributed by atoms with Crippen LogP contribution in [0.25, 0.3) is 0 Å². The van der Waals surface area contributed by atoms with Crippen molar-refractivity contribution in [3.63, 3.8) is 0 Å². The van der Waals surface area contributed by atoms with Crippen LogP contribution in [0.5, 0.6) is 0 Å². The molecule has 0 unspecified atom stereocenters. The molecule has 1 rings (SSSR count). The van der Waals surface area contributed by atoms with E-state index in [1.807, 2.05) is 0 Å². The second-order valence-corrected chi connectivity index (χ2v) is 8.62. The summed E-state index contributed by atoms with van der Waals surface area (Å²) in [6.07, 6.45) is 11.3. The summed E-state index contributed by atoms with van der Waals surface area (Å²) >= 11 is 0. The van der Waals surface area contributed by atoms with E-state index in [1.54, 1.807) is 0 Å². The number of hydrogen-bond donors (Lipinski definition) is 0. The molecule has 114 valence electrons. The van der Waals surface area contributed by atoms with Gasteiger partial charge in [0.15, 0.2) is 0 Å². The minimum Gasteiger partial charge on any atom is -0.273 e. The van der Waals surface area contributed by atoms with Crippen molar-refractivity contribution in [3.05, 3.63) is 47.3 Å². The van der Waals surface area contributed by atoms with Crippen LogP contribution in [0, 0.1) is 23.7 Å². The molecule has 2 heteroatoms. The van der Waals surface area contributed by atoms with Gasteiger partial charge in [0.2, 0.25) is 0 Å². The van der Waals surface area contributed by atoms with Gasteiger partial charge in [-0.15, -0.1) is 12.5 Å². The Kier molecular flexibility index (Phi) is 10.5. The van der Waals surface area contributed by atoms with Crippen LogP contribution in [0.4, 0.5) is 0 Å². The summed E-state index contributed by atoms with van der Waals surface area (Å²) in [6, 6.07) is 0. The Hall–Kier alpha value is 0.155. The summed E-state index contributed by atoms with van der Waals surface area (Å²) in [7, 11) is 0. The predicted octanol–water partition coefficient (Wildman–Crippen LogP) is 0.478. The average molecular weight is 286 g/mol. The third-order valence-electron chi connectivity index (χ3n) is 3.44. The summed E-state index contributed by atoms with van der Waals surface area (Å²) < 4.78 is 0. The molecule has 0 bridgehead atoms. The first-order valence-electron chi connectivity index (χ1n) is 7.74. The Bertz CT molecular complexity index is 437. The van der Waals surface area contributed by atoms with E-state index in [0.29, 0.717) is 10.8 Å². The van der Waals surface area contributed by atoms with E-state index in [2.05, 4.69) is 80.4 Å². The molecule has 0 nitrogen and oxygen atoms in total. The topological polar surface area (TPSA) is 0 Å². The van der Waals surface area contributed by atoms with Crippen LogP contribution < -0.4 is 37.7 Å². The predicted molar refractivity (Wildman–Crippen MR) is 91.3 cm³/mol. The summed E-state index contributed by atoms with van der Waals surface area (Å²) in [5, 5.41) is 0. The fraction of sp³-hybridized carbons (Fsp3) is 0.600. The Morgan fingerprint density at radius 3 is 1.77 bits per heavy atom. The van der Waals surface area contributed by atoms with Crippen LogP contribution >= 0.6 is 0 Å². The maximum atomic E-state index is 2.36. The maximum Gasteiger partial charge on any atom is 1.00 e. The smallest absolute Gasteiger partial charge is 0.273 e. The molecule has 0 aromatic heterocycles. The maximum absolute atomic E-state index is 2.36. The van der Waals surface area contributed by atoms with Gasteiger partial charge in [-0.25, -0.2) is 30.6 Å². The molecule has 0 heterocycles. The fourth-order valence-corrected chi connectivity index (χ4v) is 2.85. The van der Waals surface area contributed by atoms with E-state index >= 15 is 0 Å². The first kappa shape index (κ1) is 24.4. The molecule has 0 N–H and O–H groups in total. The fourth-order valence-electron chi connectivity index (χ4n) is 2.85. The number of rotatable bonds is 2. The molecule has 0 atom stereocenters. The minimum atomic E-state index is 0. The molecule has 0 fully saturated rings. The van der Waals surface area contributed by atoms with Crippen molar-refractivity contribution in [3.8, 4) is 0 Å². The van der Waals surface area contributed by atoms with Crippen molar-refractivity contribution in [1.82, 2.24) is 0 Å². The van der Waals surface area contributed by atoms with E-state index in [0.717, 1.165) is 12.8 Å². The normalized spacial score (nSPS) is 19.3. The van der Waals surface area contributed by atoms with Gasteiger partial charge in [-0.3, -0.25) is 5.57 Å². The third kappa shape index (κ3) is 9.33. The Morgan fingerprint density at radius 2 is 1.32 bits per heavy atom. The molecule has 1 aliphatic carbocycles. The molecule has 0 spiro atoms. The second-order valence-electron chi connectivity index (χ2n) is 8.62. The molecule has 22 heavy (non-hydrogen) atoms. The second kappa shape index (κ2) is 9.45. The van der Waals surface area contributed by atoms with Gasteiger partial charge < -0.3 is 0 Å². The first-order chi connectivity index (χ1) is 8.98. The summed E-state index contributed by atoms with van der Waals surface area (Å²) in [4.78, 5) is 0. The van der Waals surface area contributed by atoms with Gasteiger partial charge in [-0.2, -0.15) is 5.57 Å². The molecule has 0 aliphatic heterocycles. The van der Waals surface area contributed by atoms with Crippen molar-refractivity contribution >= 4 is 0 Å². The van der Waals surface area contributed by atoms with Crippen LogP contribution in [-0.2, 0) is 0 Å². The summed E-state index contributed by atoms with van der Waals surface area (Å²) in [5.41, 5.74) is 6.47. The van der Waals surface area contributed by atoms with Crippen LogP contribution in [0.2, 0.25) is 0 Å². The summed E-state index contributed by atoms with van der Waals surface area (Å²) in [5.74, 6) is 0. The van der Waals surface area contributed by atoms with Crippen molar-refractivity contribution in [2.75, 3.05) is 0 Å². The van der Waals surface area contributed by atoms with Gasteiger partial charge in [0.25, 0.3) is 0 Å². The number of allylic oxidation sites excluding steroid dienone is 6. The zero-order valence-electron chi connectivity index (χ0n) is 16.7. The molecule has 1 aliphatic rings. The van der Waals surface area contributed by atoms with Crippen LogP contribution in [0.1, 0.15) is 68.2 Å². The monoisotopic (exact) mass is 286 g/mol. The van der Waals surface area contributed by atoms with Gasteiger partial charge in [0, 0.05) is 0 Å². The first-order valence-corrected chi connectivity index (χ1v) is 7.74. The van der Waals surface area contributed by atoms with Gasteiger partial charge in [0.1, 0.15) is 0 Å². The van der Waals surface area contributed by atoms with Gasteiger partial charge in [-0.05, 0) is 24.2 Å². The largest absolute Gasteiger partial charge is 1.00 e. The van der Waals surface area contributed by atoms with E-state index in [-0.39, 0.29) is 37.7 Å². The molecule has 0 aromatic rings. The SMILES string of the molecule is C/C(CC(C)(C)C)=C1/C=C[CH-]/C(=C(/C)CC(C)(C)C)[CH-]1.[Li+].[Li+]. The molecule has 0 aromatic carbocycles. The molecular formula is C20H32Li2.